The number of rotatable bonds is 4. The predicted molar refractivity (Wildman–Crippen MR) is 69.6 cm³/mol. The van der Waals surface area contributed by atoms with Gasteiger partial charge < -0.3 is 0 Å². The SMILES string of the molecule is CCCNS(=O)(=O)c1ccc(I)cc1Cl. The Labute approximate surface area is 108 Å². The smallest absolute Gasteiger partial charge is 0.211 e. The van der Waals surface area contributed by atoms with E-state index in [0.29, 0.717) is 6.54 Å². The van der Waals surface area contributed by atoms with Crippen molar-refractivity contribution in [1.29, 1.82) is 0 Å². The highest BCUT2D eigenvalue weighted by Crippen LogP contribution is 2.23. The quantitative estimate of drug-likeness (QED) is 0.840. The zero-order valence-electron chi connectivity index (χ0n) is 8.13. The molecular weight excluding hydrogens is 349 g/mol. The van der Waals surface area contributed by atoms with Gasteiger partial charge in [-0.2, -0.15) is 0 Å². The zero-order chi connectivity index (χ0) is 11.5. The summed E-state index contributed by atoms with van der Waals surface area (Å²) < 4.78 is 26.8. The molecule has 0 saturated heterocycles. The molecule has 1 rings (SSSR count). The summed E-state index contributed by atoms with van der Waals surface area (Å²) in [5.74, 6) is 0. The molecule has 0 aliphatic rings. The molecule has 1 N–H and O–H groups in total. The summed E-state index contributed by atoms with van der Waals surface area (Å²) in [5, 5.41) is 0.255. The molecule has 1 aromatic carbocycles. The number of benzene rings is 1. The molecule has 0 bridgehead atoms. The van der Waals surface area contributed by atoms with Crippen molar-refractivity contribution in [3.05, 3.63) is 26.8 Å². The van der Waals surface area contributed by atoms with Gasteiger partial charge in [-0.25, -0.2) is 13.1 Å². The lowest BCUT2D eigenvalue weighted by Gasteiger charge is -2.07. The lowest BCUT2D eigenvalue weighted by Crippen LogP contribution is -2.24. The molecule has 1 aromatic rings. The van der Waals surface area contributed by atoms with Crippen LogP contribution >= 0.6 is 34.2 Å². The number of nitrogens with one attached hydrogen (secondary N) is 1. The van der Waals surface area contributed by atoms with E-state index in [4.69, 9.17) is 11.6 Å². The second-order valence-corrected chi connectivity index (χ2v) is 6.36. The molecule has 0 fully saturated rings. The van der Waals surface area contributed by atoms with Crippen molar-refractivity contribution < 1.29 is 8.42 Å². The average Bonchev–Trinajstić information content (AvgIpc) is 2.14. The minimum Gasteiger partial charge on any atom is -0.211 e. The summed E-state index contributed by atoms with van der Waals surface area (Å²) >= 11 is 7.95. The van der Waals surface area contributed by atoms with E-state index in [-0.39, 0.29) is 9.92 Å². The average molecular weight is 360 g/mol. The summed E-state index contributed by atoms with van der Waals surface area (Å²) in [5.41, 5.74) is 0. The molecule has 0 heterocycles. The van der Waals surface area contributed by atoms with E-state index < -0.39 is 10.0 Å². The van der Waals surface area contributed by atoms with Crippen LogP contribution in [0.3, 0.4) is 0 Å². The highest BCUT2D eigenvalue weighted by atomic mass is 127. The van der Waals surface area contributed by atoms with Crippen LogP contribution in [0.1, 0.15) is 13.3 Å². The van der Waals surface area contributed by atoms with Gasteiger partial charge in [0.25, 0.3) is 0 Å². The van der Waals surface area contributed by atoms with E-state index in [1.807, 2.05) is 6.92 Å². The molecule has 84 valence electrons. The lowest BCUT2D eigenvalue weighted by atomic mass is 10.4. The Morgan fingerprint density at radius 2 is 2.13 bits per heavy atom. The minimum atomic E-state index is -3.46. The maximum Gasteiger partial charge on any atom is 0.242 e. The summed E-state index contributed by atoms with van der Waals surface area (Å²) in [6.45, 7) is 2.32. The molecule has 3 nitrogen and oxygen atoms in total. The Hall–Kier alpha value is 0.150. The van der Waals surface area contributed by atoms with Gasteiger partial charge >= 0.3 is 0 Å². The van der Waals surface area contributed by atoms with Crippen LogP contribution in [0.25, 0.3) is 0 Å². The van der Waals surface area contributed by atoms with E-state index in [1.165, 1.54) is 6.07 Å². The Morgan fingerprint density at radius 1 is 1.47 bits per heavy atom. The lowest BCUT2D eigenvalue weighted by molar-refractivity contribution is 0.581. The molecule has 15 heavy (non-hydrogen) atoms. The van der Waals surface area contributed by atoms with Gasteiger partial charge in [0.05, 0.1) is 5.02 Å². The number of hydrogen-bond acceptors (Lipinski definition) is 2. The number of hydrogen-bond donors (Lipinski definition) is 1. The fourth-order valence-corrected chi connectivity index (χ4v) is 3.36. The maximum absolute atomic E-state index is 11.7. The first-order valence-corrected chi connectivity index (χ1v) is 7.36. The summed E-state index contributed by atoms with van der Waals surface area (Å²) in [6.07, 6.45) is 0.751. The summed E-state index contributed by atoms with van der Waals surface area (Å²) in [7, 11) is -3.46. The molecule has 0 aliphatic heterocycles. The largest absolute Gasteiger partial charge is 0.242 e. The first kappa shape index (κ1) is 13.2. The van der Waals surface area contributed by atoms with Gasteiger partial charge in [-0.15, -0.1) is 0 Å². The number of sulfonamides is 1. The van der Waals surface area contributed by atoms with Crippen molar-refractivity contribution in [1.82, 2.24) is 4.72 Å². The monoisotopic (exact) mass is 359 g/mol. The Morgan fingerprint density at radius 3 is 2.67 bits per heavy atom. The third kappa shape index (κ3) is 3.58. The molecule has 0 unspecified atom stereocenters. The number of halogens is 2. The molecule has 0 aliphatic carbocycles. The highest BCUT2D eigenvalue weighted by molar-refractivity contribution is 14.1. The van der Waals surface area contributed by atoms with Gasteiger partial charge in [-0.3, -0.25) is 0 Å². The van der Waals surface area contributed by atoms with Gasteiger partial charge in [0.2, 0.25) is 10.0 Å². The Bertz CT molecular complexity index is 447. The molecule has 0 amide bonds. The van der Waals surface area contributed by atoms with Gasteiger partial charge in [-0.1, -0.05) is 18.5 Å². The van der Waals surface area contributed by atoms with Crippen LogP contribution in [0.15, 0.2) is 23.1 Å². The maximum atomic E-state index is 11.7. The first-order valence-electron chi connectivity index (χ1n) is 4.42. The van der Waals surface area contributed by atoms with Crippen LogP contribution in [0.5, 0.6) is 0 Å². The van der Waals surface area contributed by atoms with Crippen LogP contribution in [-0.4, -0.2) is 15.0 Å². The van der Waals surface area contributed by atoms with E-state index in [2.05, 4.69) is 27.3 Å². The fourth-order valence-electron chi connectivity index (χ4n) is 1.01. The van der Waals surface area contributed by atoms with Crippen molar-refractivity contribution in [3.8, 4) is 0 Å². The molecule has 0 saturated carbocycles. The summed E-state index contributed by atoms with van der Waals surface area (Å²) in [4.78, 5) is 0.137. The molecule has 6 heteroatoms. The van der Waals surface area contributed by atoms with Crippen molar-refractivity contribution in [2.45, 2.75) is 18.2 Å². The van der Waals surface area contributed by atoms with E-state index in [9.17, 15) is 8.42 Å². The van der Waals surface area contributed by atoms with Crippen molar-refractivity contribution >= 4 is 44.2 Å². The minimum absolute atomic E-state index is 0.137. The second-order valence-electron chi connectivity index (χ2n) is 2.97. The van der Waals surface area contributed by atoms with Crippen LogP contribution in [-0.2, 0) is 10.0 Å². The highest BCUT2D eigenvalue weighted by Gasteiger charge is 2.16. The van der Waals surface area contributed by atoms with E-state index >= 15 is 0 Å². The molecule has 0 atom stereocenters. The van der Waals surface area contributed by atoms with E-state index in [1.54, 1.807) is 12.1 Å². The topological polar surface area (TPSA) is 46.2 Å². The third-order valence-electron chi connectivity index (χ3n) is 1.73. The van der Waals surface area contributed by atoms with E-state index in [0.717, 1.165) is 9.99 Å². The van der Waals surface area contributed by atoms with Gasteiger partial charge in [0.15, 0.2) is 0 Å². The third-order valence-corrected chi connectivity index (χ3v) is 4.34. The zero-order valence-corrected chi connectivity index (χ0v) is 11.9. The van der Waals surface area contributed by atoms with Gasteiger partial charge in [-0.05, 0) is 47.2 Å². The molecule has 0 aromatic heterocycles. The Balaban J connectivity index is 3.05. The van der Waals surface area contributed by atoms with Crippen molar-refractivity contribution in [3.63, 3.8) is 0 Å². The molecular formula is C9H11ClINO2S. The fraction of sp³-hybridized carbons (Fsp3) is 0.333. The first-order chi connectivity index (χ1) is 6.97. The van der Waals surface area contributed by atoms with Crippen LogP contribution < -0.4 is 4.72 Å². The van der Waals surface area contributed by atoms with Gasteiger partial charge in [0, 0.05) is 10.1 Å². The molecule has 0 spiro atoms. The second kappa shape index (κ2) is 5.47. The summed E-state index contributed by atoms with van der Waals surface area (Å²) in [6, 6.07) is 4.86. The standard InChI is InChI=1S/C9H11ClINO2S/c1-2-5-12-15(13,14)9-4-3-7(11)6-8(9)10/h3-4,6,12H,2,5H2,1H3. The predicted octanol–water partition coefficient (Wildman–Crippen LogP) is 2.63. The Kier molecular flexibility index (Phi) is 4.82. The van der Waals surface area contributed by atoms with Crippen LogP contribution in [0, 0.1) is 3.57 Å². The van der Waals surface area contributed by atoms with Crippen molar-refractivity contribution in [2.24, 2.45) is 0 Å². The van der Waals surface area contributed by atoms with Crippen LogP contribution in [0.2, 0.25) is 5.02 Å². The van der Waals surface area contributed by atoms with Gasteiger partial charge in [0.1, 0.15) is 4.90 Å². The van der Waals surface area contributed by atoms with Crippen LogP contribution in [0.4, 0.5) is 0 Å². The van der Waals surface area contributed by atoms with Crippen molar-refractivity contribution in [2.75, 3.05) is 6.54 Å². The normalized spacial score (nSPS) is 11.7. The molecule has 0 radical (unpaired) electrons.